The maximum absolute atomic E-state index is 12.2. The van der Waals surface area contributed by atoms with Gasteiger partial charge in [0.1, 0.15) is 0 Å². The van der Waals surface area contributed by atoms with Gasteiger partial charge in [-0.2, -0.15) is 5.10 Å². The van der Waals surface area contributed by atoms with Gasteiger partial charge in [0.05, 0.1) is 12.1 Å². The van der Waals surface area contributed by atoms with Crippen LogP contribution in [0.5, 0.6) is 0 Å². The van der Waals surface area contributed by atoms with E-state index >= 15 is 0 Å². The maximum Gasteiger partial charge on any atom is 0.228 e. The van der Waals surface area contributed by atoms with Crippen LogP contribution in [0.15, 0.2) is 61.1 Å². The highest BCUT2D eigenvalue weighted by Gasteiger charge is 2.11. The average molecular weight is 313 g/mol. The fraction of sp³-hybridized carbons (Fsp3) is 0.0625. The first-order valence-corrected chi connectivity index (χ1v) is 7.10. The Morgan fingerprint density at radius 3 is 2.77 bits per heavy atom. The number of anilines is 1. The molecule has 0 bridgehead atoms. The zero-order valence-electron chi connectivity index (χ0n) is 11.6. The second-order valence-electron chi connectivity index (χ2n) is 4.64. The van der Waals surface area contributed by atoms with E-state index in [9.17, 15) is 4.79 Å². The molecule has 0 fully saturated rings. The molecular formula is C16H13ClN4O. The highest BCUT2D eigenvalue weighted by molar-refractivity contribution is 6.31. The Morgan fingerprint density at radius 1 is 1.14 bits per heavy atom. The van der Waals surface area contributed by atoms with Crippen LogP contribution in [0.25, 0.3) is 5.82 Å². The molecule has 110 valence electrons. The third-order valence-electron chi connectivity index (χ3n) is 3.09. The Hall–Kier alpha value is -2.66. The smallest absolute Gasteiger partial charge is 0.228 e. The first-order valence-electron chi connectivity index (χ1n) is 6.72. The summed E-state index contributed by atoms with van der Waals surface area (Å²) in [6.45, 7) is 0. The van der Waals surface area contributed by atoms with Crippen molar-refractivity contribution in [3.05, 3.63) is 71.6 Å². The number of hydrogen-bond donors (Lipinski definition) is 1. The number of rotatable bonds is 4. The molecule has 0 radical (unpaired) electrons. The fourth-order valence-corrected chi connectivity index (χ4v) is 2.28. The molecule has 3 aromatic rings. The van der Waals surface area contributed by atoms with Gasteiger partial charge in [0, 0.05) is 23.6 Å². The van der Waals surface area contributed by atoms with Crippen LogP contribution in [0.1, 0.15) is 5.56 Å². The number of aromatic nitrogens is 3. The van der Waals surface area contributed by atoms with Crippen molar-refractivity contribution >= 4 is 23.2 Å². The largest absolute Gasteiger partial charge is 0.323 e. The standard InChI is InChI=1S/C16H13ClN4O/c17-13-6-2-1-5-12(13)11-15(22)20-14-7-3-8-18-16(14)21-10-4-9-19-21/h1-10H,11H2,(H,20,22). The molecule has 0 spiro atoms. The van der Waals surface area contributed by atoms with E-state index in [1.165, 1.54) is 0 Å². The van der Waals surface area contributed by atoms with Gasteiger partial charge >= 0.3 is 0 Å². The SMILES string of the molecule is O=C(Cc1ccccc1Cl)Nc1cccnc1-n1cccn1. The monoisotopic (exact) mass is 312 g/mol. The molecule has 0 saturated carbocycles. The lowest BCUT2D eigenvalue weighted by Gasteiger charge is -2.10. The van der Waals surface area contributed by atoms with Gasteiger partial charge in [0.15, 0.2) is 5.82 Å². The van der Waals surface area contributed by atoms with E-state index in [-0.39, 0.29) is 12.3 Å². The van der Waals surface area contributed by atoms with E-state index in [1.54, 1.807) is 47.5 Å². The molecule has 5 nitrogen and oxygen atoms in total. The van der Waals surface area contributed by atoms with Crippen molar-refractivity contribution in [1.82, 2.24) is 14.8 Å². The van der Waals surface area contributed by atoms with Crippen molar-refractivity contribution in [3.63, 3.8) is 0 Å². The lowest BCUT2D eigenvalue weighted by Crippen LogP contribution is -2.16. The molecule has 0 unspecified atom stereocenters. The van der Waals surface area contributed by atoms with Crippen LogP contribution in [0.2, 0.25) is 5.02 Å². The molecule has 1 amide bonds. The number of halogens is 1. The van der Waals surface area contributed by atoms with Crippen molar-refractivity contribution in [3.8, 4) is 5.82 Å². The molecule has 0 aliphatic carbocycles. The zero-order valence-corrected chi connectivity index (χ0v) is 12.4. The van der Waals surface area contributed by atoms with Crippen LogP contribution in [0.4, 0.5) is 5.69 Å². The normalized spacial score (nSPS) is 10.4. The number of benzene rings is 1. The molecule has 0 aliphatic heterocycles. The first kappa shape index (κ1) is 14.3. The van der Waals surface area contributed by atoms with E-state index < -0.39 is 0 Å². The van der Waals surface area contributed by atoms with Crippen LogP contribution < -0.4 is 5.32 Å². The summed E-state index contributed by atoms with van der Waals surface area (Å²) in [6, 6.07) is 12.6. The lowest BCUT2D eigenvalue weighted by molar-refractivity contribution is -0.115. The number of pyridine rings is 1. The molecular weight excluding hydrogens is 300 g/mol. The second-order valence-corrected chi connectivity index (χ2v) is 5.05. The van der Waals surface area contributed by atoms with E-state index in [2.05, 4.69) is 15.4 Å². The maximum atomic E-state index is 12.2. The molecule has 2 heterocycles. The topological polar surface area (TPSA) is 59.8 Å². The van der Waals surface area contributed by atoms with Crippen LogP contribution >= 0.6 is 11.6 Å². The van der Waals surface area contributed by atoms with Crippen molar-refractivity contribution < 1.29 is 4.79 Å². The molecule has 2 aromatic heterocycles. The summed E-state index contributed by atoms with van der Waals surface area (Å²) in [7, 11) is 0. The van der Waals surface area contributed by atoms with Crippen molar-refractivity contribution in [2.75, 3.05) is 5.32 Å². The summed E-state index contributed by atoms with van der Waals surface area (Å²) in [4.78, 5) is 16.5. The molecule has 22 heavy (non-hydrogen) atoms. The summed E-state index contributed by atoms with van der Waals surface area (Å²) in [5, 5.41) is 7.57. The number of carbonyl (C=O) groups is 1. The molecule has 0 atom stereocenters. The van der Waals surface area contributed by atoms with Crippen molar-refractivity contribution in [2.45, 2.75) is 6.42 Å². The number of nitrogens with zero attached hydrogens (tertiary/aromatic N) is 3. The average Bonchev–Trinajstić information content (AvgIpc) is 3.04. The summed E-state index contributed by atoms with van der Waals surface area (Å²) in [5.41, 5.74) is 1.38. The van der Waals surface area contributed by atoms with Gasteiger partial charge in [-0.3, -0.25) is 4.79 Å². The second kappa shape index (κ2) is 6.41. The Balaban J connectivity index is 1.79. The van der Waals surface area contributed by atoms with Gasteiger partial charge in [-0.15, -0.1) is 0 Å². The third kappa shape index (κ3) is 3.15. The number of hydrogen-bond acceptors (Lipinski definition) is 3. The van der Waals surface area contributed by atoms with Crippen molar-refractivity contribution in [1.29, 1.82) is 0 Å². The molecule has 1 aromatic carbocycles. The van der Waals surface area contributed by atoms with Gasteiger partial charge in [-0.25, -0.2) is 9.67 Å². The minimum Gasteiger partial charge on any atom is -0.323 e. The molecule has 0 aliphatic rings. The number of nitrogens with one attached hydrogen (secondary N) is 1. The Labute approximate surface area is 132 Å². The van der Waals surface area contributed by atoms with Gasteiger partial charge in [0.25, 0.3) is 0 Å². The van der Waals surface area contributed by atoms with Crippen LogP contribution in [0.3, 0.4) is 0 Å². The number of amides is 1. The number of carbonyl (C=O) groups excluding carboxylic acids is 1. The summed E-state index contributed by atoms with van der Waals surface area (Å²) in [5.74, 6) is 0.412. The predicted molar refractivity (Wildman–Crippen MR) is 85.1 cm³/mol. The molecule has 6 heteroatoms. The quantitative estimate of drug-likeness (QED) is 0.805. The van der Waals surface area contributed by atoms with Gasteiger partial charge < -0.3 is 5.32 Å². The summed E-state index contributed by atoms with van der Waals surface area (Å²) >= 11 is 6.08. The van der Waals surface area contributed by atoms with Crippen LogP contribution in [0, 0.1) is 0 Å². The molecule has 0 saturated heterocycles. The minimum absolute atomic E-state index is 0.158. The van der Waals surface area contributed by atoms with Gasteiger partial charge in [0.2, 0.25) is 5.91 Å². The summed E-state index contributed by atoms with van der Waals surface area (Å²) < 4.78 is 1.60. The third-order valence-corrected chi connectivity index (χ3v) is 3.46. The Kier molecular flexibility index (Phi) is 4.16. The molecule has 1 N–H and O–H groups in total. The van der Waals surface area contributed by atoms with Gasteiger partial charge in [-0.1, -0.05) is 29.8 Å². The zero-order chi connectivity index (χ0) is 15.4. The van der Waals surface area contributed by atoms with E-state index in [1.807, 2.05) is 18.2 Å². The van der Waals surface area contributed by atoms with Crippen molar-refractivity contribution in [2.24, 2.45) is 0 Å². The molecule has 3 rings (SSSR count). The highest BCUT2D eigenvalue weighted by Crippen LogP contribution is 2.19. The lowest BCUT2D eigenvalue weighted by atomic mass is 10.1. The van der Waals surface area contributed by atoms with Crippen LogP contribution in [-0.4, -0.2) is 20.7 Å². The summed E-state index contributed by atoms with van der Waals surface area (Å²) in [6.07, 6.45) is 5.28. The highest BCUT2D eigenvalue weighted by atomic mass is 35.5. The minimum atomic E-state index is -0.158. The van der Waals surface area contributed by atoms with Gasteiger partial charge in [-0.05, 0) is 29.8 Å². The van der Waals surface area contributed by atoms with E-state index in [4.69, 9.17) is 11.6 Å². The Morgan fingerprint density at radius 2 is 2.00 bits per heavy atom. The van der Waals surface area contributed by atoms with Crippen LogP contribution in [-0.2, 0) is 11.2 Å². The first-order chi connectivity index (χ1) is 10.7. The van der Waals surface area contributed by atoms with E-state index in [0.717, 1.165) is 5.56 Å². The predicted octanol–water partition coefficient (Wildman–Crippen LogP) is 3.10. The van der Waals surface area contributed by atoms with E-state index in [0.29, 0.717) is 16.5 Å². The Bertz CT molecular complexity index is 786. The fourth-order valence-electron chi connectivity index (χ4n) is 2.08.